The summed E-state index contributed by atoms with van der Waals surface area (Å²) in [6.45, 7) is 3.71. The van der Waals surface area contributed by atoms with E-state index in [1.807, 2.05) is 31.2 Å². The molecule has 0 radical (unpaired) electrons. The van der Waals surface area contributed by atoms with Crippen molar-refractivity contribution in [2.24, 2.45) is 5.92 Å². The number of pyridine rings is 1. The second-order valence-electron chi connectivity index (χ2n) is 7.74. The van der Waals surface area contributed by atoms with Gasteiger partial charge in [-0.15, -0.1) is 5.10 Å². The van der Waals surface area contributed by atoms with Gasteiger partial charge in [0.15, 0.2) is 0 Å². The number of benzene rings is 1. The number of amides is 1. The maximum absolute atomic E-state index is 12.7. The van der Waals surface area contributed by atoms with E-state index >= 15 is 0 Å². The zero-order valence-electron chi connectivity index (χ0n) is 17.3. The standard InChI is InChI=1S/C23H24ClN5O2/c1-16-6-7-19(12-20(16)24)29-22(30)9-8-21(27-29)28-11-3-5-18(15-28)23(31)26-14-17-4-2-10-25-13-17/h2,4,6-10,12-13,18H,3,5,11,14-15H2,1H3,(H,26,31)/t18-/m0/s1. The molecule has 1 atom stereocenters. The van der Waals surface area contributed by atoms with Gasteiger partial charge in [-0.05, 0) is 55.2 Å². The quantitative estimate of drug-likeness (QED) is 0.663. The van der Waals surface area contributed by atoms with Gasteiger partial charge < -0.3 is 10.2 Å². The molecule has 4 rings (SSSR count). The first-order valence-corrected chi connectivity index (χ1v) is 10.7. The number of carbonyl (C=O) groups is 1. The summed E-state index contributed by atoms with van der Waals surface area (Å²) >= 11 is 6.23. The van der Waals surface area contributed by atoms with Gasteiger partial charge in [0.2, 0.25) is 5.91 Å². The highest BCUT2D eigenvalue weighted by Gasteiger charge is 2.26. The highest BCUT2D eigenvalue weighted by Crippen LogP contribution is 2.23. The second-order valence-corrected chi connectivity index (χ2v) is 8.15. The number of hydrogen-bond donors (Lipinski definition) is 1. The first kappa shape index (κ1) is 21.1. The van der Waals surface area contributed by atoms with Crippen molar-refractivity contribution in [1.82, 2.24) is 20.1 Å². The number of halogens is 1. The Bertz CT molecular complexity index is 1130. The van der Waals surface area contributed by atoms with Crippen LogP contribution in [0.4, 0.5) is 5.82 Å². The molecule has 1 saturated heterocycles. The van der Waals surface area contributed by atoms with Gasteiger partial charge in [0.1, 0.15) is 5.82 Å². The third-order valence-corrected chi connectivity index (χ3v) is 5.90. The number of hydrogen-bond acceptors (Lipinski definition) is 5. The van der Waals surface area contributed by atoms with Gasteiger partial charge >= 0.3 is 0 Å². The van der Waals surface area contributed by atoms with Crippen LogP contribution < -0.4 is 15.8 Å². The van der Waals surface area contributed by atoms with Crippen molar-refractivity contribution in [2.75, 3.05) is 18.0 Å². The number of nitrogens with zero attached hydrogens (tertiary/aromatic N) is 4. The van der Waals surface area contributed by atoms with Crippen LogP contribution in [0.3, 0.4) is 0 Å². The van der Waals surface area contributed by atoms with Crippen molar-refractivity contribution in [1.29, 1.82) is 0 Å². The molecule has 2 aromatic heterocycles. The molecule has 31 heavy (non-hydrogen) atoms. The van der Waals surface area contributed by atoms with Crippen LogP contribution >= 0.6 is 11.6 Å². The number of rotatable bonds is 5. The van der Waals surface area contributed by atoms with Gasteiger partial charge in [-0.25, -0.2) is 0 Å². The van der Waals surface area contributed by atoms with Gasteiger partial charge in [0, 0.05) is 43.1 Å². The van der Waals surface area contributed by atoms with Gasteiger partial charge in [-0.3, -0.25) is 14.6 Å². The number of aromatic nitrogens is 3. The minimum absolute atomic E-state index is 0.0205. The lowest BCUT2D eigenvalue weighted by atomic mass is 9.97. The lowest BCUT2D eigenvalue weighted by Gasteiger charge is -2.33. The molecule has 1 N–H and O–H groups in total. The lowest BCUT2D eigenvalue weighted by molar-refractivity contribution is -0.125. The van der Waals surface area contributed by atoms with Crippen molar-refractivity contribution < 1.29 is 4.79 Å². The summed E-state index contributed by atoms with van der Waals surface area (Å²) in [5, 5.41) is 8.14. The summed E-state index contributed by atoms with van der Waals surface area (Å²) in [5.74, 6) is 0.551. The minimum atomic E-state index is -0.230. The van der Waals surface area contributed by atoms with E-state index in [1.165, 1.54) is 10.7 Å². The third kappa shape index (κ3) is 4.94. The summed E-state index contributed by atoms with van der Waals surface area (Å²) in [5.41, 5.74) is 2.29. The van der Waals surface area contributed by atoms with E-state index in [4.69, 9.17) is 11.6 Å². The van der Waals surface area contributed by atoms with Gasteiger partial charge in [-0.2, -0.15) is 4.68 Å². The van der Waals surface area contributed by atoms with Gasteiger partial charge in [0.05, 0.1) is 11.6 Å². The van der Waals surface area contributed by atoms with Crippen LogP contribution in [0.15, 0.2) is 59.7 Å². The zero-order chi connectivity index (χ0) is 21.8. The first-order chi connectivity index (χ1) is 15.0. The van der Waals surface area contributed by atoms with Crippen LogP contribution in [0.5, 0.6) is 0 Å². The van der Waals surface area contributed by atoms with E-state index in [9.17, 15) is 9.59 Å². The molecule has 3 aromatic rings. The maximum Gasteiger partial charge on any atom is 0.271 e. The molecular weight excluding hydrogens is 414 g/mol. The summed E-state index contributed by atoms with van der Waals surface area (Å²) in [4.78, 5) is 31.3. The Hall–Kier alpha value is -3.19. The highest BCUT2D eigenvalue weighted by atomic mass is 35.5. The molecule has 160 valence electrons. The number of aryl methyl sites for hydroxylation is 1. The van der Waals surface area contributed by atoms with Crippen LogP contribution in [0, 0.1) is 12.8 Å². The van der Waals surface area contributed by atoms with Crippen molar-refractivity contribution in [3.05, 3.63) is 81.4 Å². The van der Waals surface area contributed by atoms with Crippen LogP contribution in [0.25, 0.3) is 5.69 Å². The number of carbonyl (C=O) groups excluding carboxylic acids is 1. The van der Waals surface area contributed by atoms with Gasteiger partial charge in [0.25, 0.3) is 5.56 Å². The van der Waals surface area contributed by atoms with E-state index in [1.54, 1.807) is 24.5 Å². The Labute approximate surface area is 185 Å². The van der Waals surface area contributed by atoms with Crippen molar-refractivity contribution in [2.45, 2.75) is 26.3 Å². The summed E-state index contributed by atoms with van der Waals surface area (Å²) in [6, 6.07) is 12.4. The first-order valence-electron chi connectivity index (χ1n) is 10.3. The number of nitrogens with one attached hydrogen (secondary N) is 1. The zero-order valence-corrected chi connectivity index (χ0v) is 18.0. The van der Waals surface area contributed by atoms with Gasteiger partial charge in [-0.1, -0.05) is 23.7 Å². The number of piperidine rings is 1. The topological polar surface area (TPSA) is 80.1 Å². The molecule has 1 aliphatic heterocycles. The fourth-order valence-electron chi connectivity index (χ4n) is 3.70. The normalized spacial score (nSPS) is 16.2. The Kier molecular flexibility index (Phi) is 6.32. The smallest absolute Gasteiger partial charge is 0.271 e. The van der Waals surface area contributed by atoms with Crippen molar-refractivity contribution in [3.8, 4) is 5.69 Å². The molecule has 0 spiro atoms. The van der Waals surface area contributed by atoms with Crippen molar-refractivity contribution in [3.63, 3.8) is 0 Å². The molecule has 8 heteroatoms. The average Bonchev–Trinajstić information content (AvgIpc) is 2.80. The molecule has 3 heterocycles. The third-order valence-electron chi connectivity index (χ3n) is 5.49. The SMILES string of the molecule is Cc1ccc(-n2nc(N3CCC[C@H](C(=O)NCc4cccnc4)C3)ccc2=O)cc1Cl. The molecule has 1 fully saturated rings. The van der Waals surface area contributed by atoms with E-state index in [-0.39, 0.29) is 17.4 Å². The molecule has 0 saturated carbocycles. The predicted molar refractivity (Wildman–Crippen MR) is 121 cm³/mol. The van der Waals surface area contributed by atoms with E-state index in [2.05, 4.69) is 20.3 Å². The average molecular weight is 438 g/mol. The molecule has 0 bridgehead atoms. The fraction of sp³-hybridized carbons (Fsp3) is 0.304. The van der Waals surface area contributed by atoms with Crippen LogP contribution in [-0.2, 0) is 11.3 Å². The van der Waals surface area contributed by atoms with E-state index in [0.717, 1.165) is 30.5 Å². The van der Waals surface area contributed by atoms with E-state index in [0.29, 0.717) is 29.6 Å². The van der Waals surface area contributed by atoms with Crippen molar-refractivity contribution >= 4 is 23.3 Å². The predicted octanol–water partition coefficient (Wildman–Crippen LogP) is 3.12. The Morgan fingerprint density at radius 1 is 1.26 bits per heavy atom. The fourth-order valence-corrected chi connectivity index (χ4v) is 3.88. The summed E-state index contributed by atoms with van der Waals surface area (Å²) < 4.78 is 1.35. The van der Waals surface area contributed by atoms with Crippen LogP contribution in [0.1, 0.15) is 24.0 Å². The minimum Gasteiger partial charge on any atom is -0.354 e. The van der Waals surface area contributed by atoms with Crippen LogP contribution in [0.2, 0.25) is 5.02 Å². The summed E-state index contributed by atoms with van der Waals surface area (Å²) in [6.07, 6.45) is 5.16. The lowest BCUT2D eigenvalue weighted by Crippen LogP contribution is -2.43. The Balaban J connectivity index is 1.48. The Morgan fingerprint density at radius 2 is 2.13 bits per heavy atom. The monoisotopic (exact) mass is 437 g/mol. The second kappa shape index (κ2) is 9.31. The number of anilines is 1. The molecular formula is C23H24ClN5O2. The largest absolute Gasteiger partial charge is 0.354 e. The molecule has 1 aliphatic rings. The van der Waals surface area contributed by atoms with Crippen LogP contribution in [-0.4, -0.2) is 33.8 Å². The maximum atomic E-state index is 12.7. The summed E-state index contributed by atoms with van der Waals surface area (Å²) in [7, 11) is 0. The molecule has 0 aliphatic carbocycles. The molecule has 7 nitrogen and oxygen atoms in total. The molecule has 1 amide bonds. The highest BCUT2D eigenvalue weighted by molar-refractivity contribution is 6.31. The Morgan fingerprint density at radius 3 is 2.90 bits per heavy atom. The molecule has 0 unspecified atom stereocenters. The molecule has 1 aromatic carbocycles. The van der Waals surface area contributed by atoms with E-state index < -0.39 is 0 Å².